The molecule has 1 fully saturated rings. The highest BCUT2D eigenvalue weighted by Crippen LogP contribution is 2.37. The third-order valence-corrected chi connectivity index (χ3v) is 8.03. The molecule has 0 heterocycles. The number of hydrogen-bond donors (Lipinski definition) is 2. The molecule has 1 aliphatic carbocycles. The van der Waals surface area contributed by atoms with Gasteiger partial charge in [0.1, 0.15) is 0 Å². The molecule has 0 saturated heterocycles. The van der Waals surface area contributed by atoms with Crippen molar-refractivity contribution in [2.75, 3.05) is 19.8 Å². The summed E-state index contributed by atoms with van der Waals surface area (Å²) in [5.41, 5.74) is 8.28. The van der Waals surface area contributed by atoms with Crippen molar-refractivity contribution < 1.29 is 19.7 Å². The summed E-state index contributed by atoms with van der Waals surface area (Å²) >= 11 is 0. The molecule has 4 heteroatoms. The van der Waals surface area contributed by atoms with Gasteiger partial charge in [-0.3, -0.25) is 0 Å². The number of esters is 1. The lowest BCUT2D eigenvalue weighted by atomic mass is 9.78. The molecule has 0 radical (unpaired) electrons. The van der Waals surface area contributed by atoms with Crippen LogP contribution in [0.5, 0.6) is 0 Å². The summed E-state index contributed by atoms with van der Waals surface area (Å²) in [6.45, 7) is 10.3. The molecule has 0 bridgehead atoms. The quantitative estimate of drug-likeness (QED) is 0.178. The molecule has 3 rings (SSSR count). The van der Waals surface area contributed by atoms with Gasteiger partial charge in [0.25, 0.3) is 0 Å². The van der Waals surface area contributed by atoms with Gasteiger partial charge >= 0.3 is 5.97 Å². The van der Waals surface area contributed by atoms with E-state index in [0.29, 0.717) is 18.1 Å². The molecule has 0 amide bonds. The molecule has 0 unspecified atom stereocenters. The van der Waals surface area contributed by atoms with Crippen LogP contribution in [-0.2, 0) is 28.8 Å². The van der Waals surface area contributed by atoms with Gasteiger partial charge in [-0.15, -0.1) is 0 Å². The number of rotatable bonds is 13. The van der Waals surface area contributed by atoms with Crippen molar-refractivity contribution in [3.63, 3.8) is 0 Å². The van der Waals surface area contributed by atoms with Crippen LogP contribution in [0.4, 0.5) is 0 Å². The molecule has 37 heavy (non-hydrogen) atoms. The molecule has 2 N–H and O–H groups in total. The van der Waals surface area contributed by atoms with E-state index in [0.717, 1.165) is 38.0 Å². The van der Waals surface area contributed by atoms with Crippen molar-refractivity contribution in [2.24, 2.45) is 11.8 Å². The summed E-state index contributed by atoms with van der Waals surface area (Å²) in [6, 6.07) is 13.8. The summed E-state index contributed by atoms with van der Waals surface area (Å²) in [7, 11) is 0. The maximum atomic E-state index is 11.8. The van der Waals surface area contributed by atoms with Crippen LogP contribution >= 0.6 is 0 Å². The van der Waals surface area contributed by atoms with Gasteiger partial charge in [0, 0.05) is 24.7 Å². The average molecular weight is 507 g/mol. The van der Waals surface area contributed by atoms with Gasteiger partial charge < -0.3 is 14.9 Å². The number of ether oxygens (including phenoxy) is 1. The zero-order valence-electron chi connectivity index (χ0n) is 23.1. The molecule has 1 aliphatic rings. The fraction of sp³-hybridized carbons (Fsp3) is 0.545. The number of aliphatic hydroxyl groups excluding tert-OH is 2. The van der Waals surface area contributed by atoms with Crippen LogP contribution in [0, 0.1) is 11.8 Å². The average Bonchev–Trinajstić information content (AvgIpc) is 2.92. The predicted molar refractivity (Wildman–Crippen MR) is 152 cm³/mol. The Hall–Kier alpha value is -2.43. The number of carbonyl (C=O) groups excluding carboxylic acids is 1. The fourth-order valence-electron chi connectivity index (χ4n) is 5.46. The van der Waals surface area contributed by atoms with E-state index in [4.69, 9.17) is 4.74 Å². The molecule has 0 aromatic heterocycles. The minimum Gasteiger partial charge on any atom is -0.462 e. The van der Waals surface area contributed by atoms with Gasteiger partial charge in [0.2, 0.25) is 0 Å². The smallest absolute Gasteiger partial charge is 0.333 e. The first-order valence-electron chi connectivity index (χ1n) is 14.2. The van der Waals surface area contributed by atoms with E-state index in [-0.39, 0.29) is 25.1 Å². The Bertz CT molecular complexity index is 1030. The van der Waals surface area contributed by atoms with Gasteiger partial charge in [-0.1, -0.05) is 69.7 Å². The van der Waals surface area contributed by atoms with E-state index in [2.05, 4.69) is 56.8 Å². The van der Waals surface area contributed by atoms with Crippen molar-refractivity contribution in [3.05, 3.63) is 70.8 Å². The van der Waals surface area contributed by atoms with Gasteiger partial charge in [0.15, 0.2) is 0 Å². The third kappa shape index (κ3) is 8.28. The Morgan fingerprint density at radius 1 is 1.00 bits per heavy atom. The maximum Gasteiger partial charge on any atom is 0.333 e. The fourth-order valence-corrected chi connectivity index (χ4v) is 5.46. The van der Waals surface area contributed by atoms with Gasteiger partial charge in [-0.25, -0.2) is 4.79 Å². The third-order valence-electron chi connectivity index (χ3n) is 8.03. The van der Waals surface area contributed by atoms with E-state index < -0.39 is 0 Å². The molecule has 0 aliphatic heterocycles. The van der Waals surface area contributed by atoms with Crippen molar-refractivity contribution >= 4 is 5.97 Å². The van der Waals surface area contributed by atoms with Crippen LogP contribution in [0.1, 0.15) is 87.5 Å². The van der Waals surface area contributed by atoms with Crippen molar-refractivity contribution in [1.82, 2.24) is 0 Å². The Morgan fingerprint density at radius 2 is 1.73 bits per heavy atom. The topological polar surface area (TPSA) is 66.8 Å². The standard InChI is InChI=1S/C33H46O4/c1-5-26-19-30(27-11-8-24(4)9-12-27)16-17-32(26)31-15-14-28(13-10-25(21-34)22-35)29(20-31)7-6-18-37-33(36)23(2)3/h14-17,19-20,24-25,27,34-35H,2,5-13,18,21-22H2,1,3-4H3. The van der Waals surface area contributed by atoms with E-state index >= 15 is 0 Å². The molecular weight excluding hydrogens is 460 g/mol. The van der Waals surface area contributed by atoms with Crippen molar-refractivity contribution in [1.29, 1.82) is 0 Å². The largest absolute Gasteiger partial charge is 0.462 e. The van der Waals surface area contributed by atoms with Crippen LogP contribution < -0.4 is 0 Å². The summed E-state index contributed by atoms with van der Waals surface area (Å²) in [5.74, 6) is 1.09. The van der Waals surface area contributed by atoms with Crippen molar-refractivity contribution in [2.45, 2.75) is 84.5 Å². The second-order valence-corrected chi connectivity index (χ2v) is 11.0. The van der Waals surface area contributed by atoms with Crippen LogP contribution in [0.25, 0.3) is 11.1 Å². The van der Waals surface area contributed by atoms with Gasteiger partial charge in [0.05, 0.1) is 6.61 Å². The normalized spacial score (nSPS) is 17.7. The lowest BCUT2D eigenvalue weighted by Crippen LogP contribution is -2.12. The summed E-state index contributed by atoms with van der Waals surface area (Å²) in [5, 5.41) is 19.0. The first-order valence-corrected chi connectivity index (χ1v) is 14.2. The number of aliphatic hydroxyl groups is 2. The van der Waals surface area contributed by atoms with Crippen molar-refractivity contribution in [3.8, 4) is 11.1 Å². The lowest BCUT2D eigenvalue weighted by Gasteiger charge is -2.27. The summed E-state index contributed by atoms with van der Waals surface area (Å²) < 4.78 is 5.32. The SMILES string of the molecule is C=C(C)C(=O)OCCCc1cc(-c2ccc(C3CCC(C)CC3)cc2CC)ccc1CCC(CO)CO. The predicted octanol–water partition coefficient (Wildman–Crippen LogP) is 6.80. The second kappa shape index (κ2) is 14.5. The maximum absolute atomic E-state index is 11.8. The zero-order valence-corrected chi connectivity index (χ0v) is 23.1. The molecule has 0 atom stereocenters. The highest BCUT2D eigenvalue weighted by atomic mass is 16.5. The minimum absolute atomic E-state index is 0.00706. The molecule has 4 nitrogen and oxygen atoms in total. The lowest BCUT2D eigenvalue weighted by molar-refractivity contribution is -0.139. The molecular formula is C33H46O4. The van der Waals surface area contributed by atoms with E-state index in [1.54, 1.807) is 6.92 Å². The Kier molecular flexibility index (Phi) is 11.4. The van der Waals surface area contributed by atoms with E-state index in [1.807, 2.05) is 0 Å². The second-order valence-electron chi connectivity index (χ2n) is 11.0. The van der Waals surface area contributed by atoms with Crippen LogP contribution in [0.2, 0.25) is 0 Å². The molecule has 1 saturated carbocycles. The number of benzene rings is 2. The highest BCUT2D eigenvalue weighted by Gasteiger charge is 2.21. The molecule has 0 spiro atoms. The molecule has 2 aromatic carbocycles. The zero-order chi connectivity index (χ0) is 26.8. The summed E-state index contributed by atoms with van der Waals surface area (Å²) in [4.78, 5) is 11.8. The minimum atomic E-state index is -0.345. The first-order chi connectivity index (χ1) is 17.9. The monoisotopic (exact) mass is 506 g/mol. The van der Waals surface area contributed by atoms with Gasteiger partial charge in [-0.2, -0.15) is 0 Å². The van der Waals surface area contributed by atoms with Crippen LogP contribution in [0.15, 0.2) is 48.6 Å². The van der Waals surface area contributed by atoms with Gasteiger partial charge in [-0.05, 0) is 97.1 Å². The summed E-state index contributed by atoms with van der Waals surface area (Å²) in [6.07, 6.45) is 9.30. The molecule has 2 aromatic rings. The highest BCUT2D eigenvalue weighted by molar-refractivity contribution is 5.86. The number of hydrogen-bond acceptors (Lipinski definition) is 4. The van der Waals surface area contributed by atoms with E-state index in [9.17, 15) is 15.0 Å². The van der Waals surface area contributed by atoms with Crippen LogP contribution in [-0.4, -0.2) is 36.0 Å². The number of carbonyl (C=O) groups is 1. The Labute approximate surface area is 223 Å². The number of aryl methyl sites for hydroxylation is 3. The van der Waals surface area contributed by atoms with E-state index in [1.165, 1.54) is 59.1 Å². The molecule has 202 valence electrons. The Balaban J connectivity index is 1.82. The first kappa shape index (κ1) is 29.1. The van der Waals surface area contributed by atoms with Crippen LogP contribution in [0.3, 0.4) is 0 Å². The Morgan fingerprint density at radius 3 is 2.38 bits per heavy atom.